The summed E-state index contributed by atoms with van der Waals surface area (Å²) in [6.45, 7) is 1.13. The van der Waals surface area contributed by atoms with Crippen molar-refractivity contribution in [2.75, 3.05) is 12.9 Å². The van der Waals surface area contributed by atoms with Gasteiger partial charge in [-0.3, -0.25) is 15.0 Å². The molecule has 2 aromatic rings. The van der Waals surface area contributed by atoms with E-state index in [1.54, 1.807) is 37.4 Å². The molecule has 3 N–H and O–H groups in total. The molecule has 0 aliphatic rings. The van der Waals surface area contributed by atoms with Crippen LogP contribution in [-0.2, 0) is 4.79 Å². The Labute approximate surface area is 166 Å². The van der Waals surface area contributed by atoms with Crippen LogP contribution < -0.4 is 10.1 Å². The first-order valence-electron chi connectivity index (χ1n) is 8.34. The number of rotatable bonds is 8. The van der Waals surface area contributed by atoms with Crippen LogP contribution >= 0.6 is 11.8 Å². The number of hydrogen-bond donors (Lipinski definition) is 3. The van der Waals surface area contributed by atoms with Gasteiger partial charge in [0, 0.05) is 16.7 Å². The molecule has 0 aliphatic carbocycles. The van der Waals surface area contributed by atoms with Crippen molar-refractivity contribution < 1.29 is 24.2 Å². The van der Waals surface area contributed by atoms with E-state index in [4.69, 9.17) is 15.3 Å². The van der Waals surface area contributed by atoms with Crippen molar-refractivity contribution in [1.82, 2.24) is 5.32 Å². The minimum atomic E-state index is -1.09. The monoisotopic (exact) mass is 400 g/mol. The number of hydrogen-bond acceptors (Lipinski definition) is 6. The summed E-state index contributed by atoms with van der Waals surface area (Å²) in [4.78, 5) is 35.3. The fraction of sp³-hybridized carbons (Fsp3) is 0.200. The van der Waals surface area contributed by atoms with E-state index in [0.29, 0.717) is 21.9 Å². The van der Waals surface area contributed by atoms with Crippen LogP contribution in [0.3, 0.4) is 0 Å². The van der Waals surface area contributed by atoms with Crippen LogP contribution in [0.1, 0.15) is 33.2 Å². The van der Waals surface area contributed by atoms with Crippen molar-refractivity contribution >= 4 is 34.5 Å². The molecular weight excluding hydrogens is 380 g/mol. The summed E-state index contributed by atoms with van der Waals surface area (Å²) in [5.41, 5.74) is 1.49. The standard InChI is InChI=1S/C20H20N2O5S/c1-12(18(25)13-7-9-16(10-8-13)27-11-17(23)24)22-20(26)15-5-3-14(4-6-15)19(21)28-2/h3-10,12,21H,11H2,1-2H3,(H,22,26)(H,23,24)/t12-/m0/s1. The van der Waals surface area contributed by atoms with E-state index in [-0.39, 0.29) is 11.7 Å². The van der Waals surface area contributed by atoms with Crippen molar-refractivity contribution in [2.45, 2.75) is 13.0 Å². The topological polar surface area (TPSA) is 117 Å². The summed E-state index contributed by atoms with van der Waals surface area (Å²) in [7, 11) is 0. The maximum absolute atomic E-state index is 12.5. The normalized spacial score (nSPS) is 11.4. The molecule has 2 rings (SSSR count). The first kappa shape index (κ1) is 21.2. The third-order valence-corrected chi connectivity index (χ3v) is 4.50. The van der Waals surface area contributed by atoms with E-state index in [9.17, 15) is 14.4 Å². The van der Waals surface area contributed by atoms with Gasteiger partial charge in [-0.1, -0.05) is 12.1 Å². The molecule has 7 nitrogen and oxygen atoms in total. The average molecular weight is 400 g/mol. The smallest absolute Gasteiger partial charge is 0.341 e. The SMILES string of the molecule is CSC(=N)c1ccc(C(=O)N[C@@H](C)C(=O)c2ccc(OCC(=O)O)cc2)cc1. The minimum absolute atomic E-state index is 0.279. The Kier molecular flexibility index (Phi) is 7.34. The molecule has 0 bridgehead atoms. The fourth-order valence-electron chi connectivity index (χ4n) is 2.35. The van der Waals surface area contributed by atoms with Crippen LogP contribution in [0.5, 0.6) is 5.75 Å². The van der Waals surface area contributed by atoms with E-state index in [2.05, 4.69) is 5.32 Å². The summed E-state index contributed by atoms with van der Waals surface area (Å²) in [5.74, 6) is -1.41. The van der Waals surface area contributed by atoms with Crippen molar-refractivity contribution in [2.24, 2.45) is 0 Å². The predicted octanol–water partition coefficient (Wildman–Crippen LogP) is 2.84. The second-order valence-electron chi connectivity index (χ2n) is 5.88. The van der Waals surface area contributed by atoms with E-state index in [1.807, 2.05) is 0 Å². The number of benzene rings is 2. The van der Waals surface area contributed by atoms with Gasteiger partial charge in [-0.25, -0.2) is 4.79 Å². The average Bonchev–Trinajstić information content (AvgIpc) is 2.71. The van der Waals surface area contributed by atoms with Crippen LogP contribution in [-0.4, -0.2) is 46.7 Å². The lowest BCUT2D eigenvalue weighted by Gasteiger charge is -2.14. The number of carboxylic acid groups (broad SMARTS) is 1. The molecular formula is C20H20N2O5S. The zero-order chi connectivity index (χ0) is 20.7. The lowest BCUT2D eigenvalue weighted by Crippen LogP contribution is -2.38. The van der Waals surface area contributed by atoms with Gasteiger partial charge in [-0.15, -0.1) is 11.8 Å². The summed E-state index contributed by atoms with van der Waals surface area (Å²) in [5, 5.41) is 19.4. The van der Waals surface area contributed by atoms with E-state index >= 15 is 0 Å². The fourth-order valence-corrected chi connectivity index (χ4v) is 2.72. The Hall–Kier alpha value is -3.13. The molecule has 0 aromatic heterocycles. The zero-order valence-corrected chi connectivity index (χ0v) is 16.2. The molecule has 0 radical (unpaired) electrons. The molecule has 0 heterocycles. The van der Waals surface area contributed by atoms with Gasteiger partial charge >= 0.3 is 5.97 Å². The summed E-state index contributed by atoms with van der Waals surface area (Å²) in [6, 6.07) is 11.9. The molecule has 0 unspecified atom stereocenters. The highest BCUT2D eigenvalue weighted by Crippen LogP contribution is 2.14. The number of thioether (sulfide) groups is 1. The summed E-state index contributed by atoms with van der Waals surface area (Å²) < 4.78 is 5.02. The molecule has 0 aliphatic heterocycles. The van der Waals surface area contributed by atoms with E-state index in [1.165, 1.54) is 36.0 Å². The molecule has 0 saturated carbocycles. The second-order valence-corrected chi connectivity index (χ2v) is 6.69. The number of amides is 1. The van der Waals surface area contributed by atoms with Crippen LogP contribution in [0, 0.1) is 5.41 Å². The highest BCUT2D eigenvalue weighted by atomic mass is 32.2. The molecule has 146 valence electrons. The molecule has 28 heavy (non-hydrogen) atoms. The molecule has 0 saturated heterocycles. The third kappa shape index (κ3) is 5.68. The quantitative estimate of drug-likeness (QED) is 0.356. The number of carboxylic acids is 1. The Morgan fingerprint density at radius 3 is 2.11 bits per heavy atom. The maximum atomic E-state index is 12.5. The van der Waals surface area contributed by atoms with Gasteiger partial charge in [-0.05, 0) is 49.6 Å². The highest BCUT2D eigenvalue weighted by molar-refractivity contribution is 8.13. The van der Waals surface area contributed by atoms with Gasteiger partial charge in [0.25, 0.3) is 5.91 Å². The van der Waals surface area contributed by atoms with E-state index in [0.717, 1.165) is 5.56 Å². The van der Waals surface area contributed by atoms with Gasteiger partial charge in [0.05, 0.1) is 11.1 Å². The lowest BCUT2D eigenvalue weighted by molar-refractivity contribution is -0.139. The first-order valence-corrected chi connectivity index (χ1v) is 9.57. The van der Waals surface area contributed by atoms with Crippen molar-refractivity contribution in [3.8, 4) is 5.75 Å². The largest absolute Gasteiger partial charge is 0.482 e. The van der Waals surface area contributed by atoms with Gasteiger partial charge in [0.15, 0.2) is 12.4 Å². The van der Waals surface area contributed by atoms with Gasteiger partial charge < -0.3 is 15.2 Å². The van der Waals surface area contributed by atoms with Crippen LogP contribution in [0.15, 0.2) is 48.5 Å². The van der Waals surface area contributed by atoms with Crippen LogP contribution in [0.2, 0.25) is 0 Å². The molecule has 8 heteroatoms. The Morgan fingerprint density at radius 1 is 1.04 bits per heavy atom. The number of carbonyl (C=O) groups is 3. The first-order chi connectivity index (χ1) is 13.3. The van der Waals surface area contributed by atoms with Crippen LogP contribution in [0.4, 0.5) is 0 Å². The molecule has 0 fully saturated rings. The van der Waals surface area contributed by atoms with Gasteiger partial charge in [0.1, 0.15) is 5.75 Å². The number of nitrogens with one attached hydrogen (secondary N) is 2. The lowest BCUT2D eigenvalue weighted by atomic mass is 10.0. The number of ether oxygens (including phenoxy) is 1. The number of Topliss-reactive ketones (excluding diaryl/α,β-unsaturated/α-hetero) is 1. The summed E-state index contributed by atoms with van der Waals surface area (Å²) >= 11 is 1.31. The number of carbonyl (C=O) groups excluding carboxylic acids is 2. The third-order valence-electron chi connectivity index (χ3n) is 3.86. The Morgan fingerprint density at radius 2 is 1.57 bits per heavy atom. The van der Waals surface area contributed by atoms with Gasteiger partial charge in [0.2, 0.25) is 0 Å². The molecule has 1 amide bonds. The number of aliphatic carboxylic acids is 1. The Bertz CT molecular complexity index is 878. The minimum Gasteiger partial charge on any atom is -0.482 e. The van der Waals surface area contributed by atoms with E-state index < -0.39 is 18.6 Å². The number of ketones is 1. The maximum Gasteiger partial charge on any atom is 0.341 e. The highest BCUT2D eigenvalue weighted by Gasteiger charge is 2.18. The molecule has 1 atom stereocenters. The van der Waals surface area contributed by atoms with Gasteiger partial charge in [-0.2, -0.15) is 0 Å². The predicted molar refractivity (Wildman–Crippen MR) is 108 cm³/mol. The molecule has 0 spiro atoms. The van der Waals surface area contributed by atoms with Crippen molar-refractivity contribution in [3.63, 3.8) is 0 Å². The van der Waals surface area contributed by atoms with Crippen molar-refractivity contribution in [1.29, 1.82) is 5.41 Å². The zero-order valence-electron chi connectivity index (χ0n) is 15.4. The summed E-state index contributed by atoms with van der Waals surface area (Å²) in [6.07, 6.45) is 1.81. The second kappa shape index (κ2) is 9.70. The molecule has 2 aromatic carbocycles. The van der Waals surface area contributed by atoms with Crippen LogP contribution in [0.25, 0.3) is 0 Å². The Balaban J connectivity index is 1.98. The van der Waals surface area contributed by atoms with Crippen molar-refractivity contribution in [3.05, 3.63) is 65.2 Å².